The fourth-order valence-corrected chi connectivity index (χ4v) is 5.21. The van der Waals surface area contributed by atoms with Crippen LogP contribution in [0.25, 0.3) is 0 Å². The molecule has 3 rings (SSSR count). The van der Waals surface area contributed by atoms with Crippen molar-refractivity contribution in [1.29, 1.82) is 0 Å². The molecule has 1 fully saturated rings. The second-order valence-corrected chi connectivity index (χ2v) is 8.73. The standard InChI is InChI=1S/C21H25NO4S/c1-16(23)17-9-13-20(14-10-17)27(24,25)22-15-5-3-4-6-21(22)18-7-11-19(26-2)12-8-18/h7-14,21H,3-6,15H2,1-2H3/t21-/m1/s1. The summed E-state index contributed by atoms with van der Waals surface area (Å²) in [5.74, 6) is 0.673. The van der Waals surface area contributed by atoms with Crippen LogP contribution in [0.2, 0.25) is 0 Å². The summed E-state index contributed by atoms with van der Waals surface area (Å²) in [4.78, 5) is 11.7. The second kappa shape index (κ2) is 8.23. The lowest BCUT2D eigenvalue weighted by Crippen LogP contribution is -2.34. The monoisotopic (exact) mass is 387 g/mol. The van der Waals surface area contributed by atoms with Gasteiger partial charge >= 0.3 is 0 Å². The smallest absolute Gasteiger partial charge is 0.243 e. The molecule has 1 saturated heterocycles. The lowest BCUT2D eigenvalue weighted by molar-refractivity contribution is 0.101. The number of ether oxygens (including phenoxy) is 1. The summed E-state index contributed by atoms with van der Waals surface area (Å²) in [7, 11) is -2.04. The first kappa shape index (κ1) is 19.6. The first-order valence-electron chi connectivity index (χ1n) is 9.20. The summed E-state index contributed by atoms with van der Waals surface area (Å²) in [5.41, 5.74) is 1.48. The Morgan fingerprint density at radius 2 is 1.67 bits per heavy atom. The van der Waals surface area contributed by atoms with Crippen LogP contribution in [-0.2, 0) is 10.0 Å². The third kappa shape index (κ3) is 4.22. The van der Waals surface area contributed by atoms with Gasteiger partial charge in [-0.05, 0) is 49.6 Å². The van der Waals surface area contributed by atoms with Gasteiger partial charge in [0.15, 0.2) is 5.78 Å². The van der Waals surface area contributed by atoms with Crippen LogP contribution in [0.15, 0.2) is 53.4 Å². The fourth-order valence-electron chi connectivity index (χ4n) is 3.53. The zero-order valence-electron chi connectivity index (χ0n) is 15.7. The van der Waals surface area contributed by atoms with E-state index < -0.39 is 10.0 Å². The van der Waals surface area contributed by atoms with E-state index in [1.54, 1.807) is 23.5 Å². The zero-order chi connectivity index (χ0) is 19.4. The van der Waals surface area contributed by atoms with E-state index in [9.17, 15) is 13.2 Å². The molecule has 0 bridgehead atoms. The number of carbonyl (C=O) groups is 1. The van der Waals surface area contributed by atoms with Crippen molar-refractivity contribution in [3.63, 3.8) is 0 Å². The Morgan fingerprint density at radius 3 is 2.26 bits per heavy atom. The average molecular weight is 388 g/mol. The highest BCUT2D eigenvalue weighted by Crippen LogP contribution is 2.35. The number of benzene rings is 2. The van der Waals surface area contributed by atoms with Crippen LogP contribution < -0.4 is 4.74 Å². The quantitative estimate of drug-likeness (QED) is 0.721. The number of sulfonamides is 1. The summed E-state index contributed by atoms with van der Waals surface area (Å²) in [5, 5.41) is 0. The van der Waals surface area contributed by atoms with Crippen LogP contribution in [0.4, 0.5) is 0 Å². The van der Waals surface area contributed by atoms with Crippen molar-refractivity contribution >= 4 is 15.8 Å². The predicted octanol–water partition coefficient (Wildman–Crippen LogP) is 4.20. The molecule has 144 valence electrons. The molecule has 0 aliphatic carbocycles. The number of hydrogen-bond donors (Lipinski definition) is 0. The van der Waals surface area contributed by atoms with E-state index >= 15 is 0 Å². The van der Waals surface area contributed by atoms with Crippen molar-refractivity contribution in [3.8, 4) is 5.75 Å². The van der Waals surface area contributed by atoms with Gasteiger partial charge in [-0.25, -0.2) is 8.42 Å². The molecule has 1 atom stereocenters. The number of nitrogens with zero attached hydrogens (tertiary/aromatic N) is 1. The lowest BCUT2D eigenvalue weighted by atomic mass is 10.0. The maximum Gasteiger partial charge on any atom is 0.243 e. The molecule has 1 heterocycles. The molecule has 0 aromatic heterocycles. The van der Waals surface area contributed by atoms with E-state index in [-0.39, 0.29) is 16.7 Å². The van der Waals surface area contributed by atoms with Gasteiger partial charge in [-0.15, -0.1) is 0 Å². The first-order chi connectivity index (χ1) is 12.9. The van der Waals surface area contributed by atoms with E-state index in [2.05, 4.69) is 0 Å². The van der Waals surface area contributed by atoms with Gasteiger partial charge in [0.25, 0.3) is 0 Å². The molecule has 0 saturated carbocycles. The fraction of sp³-hybridized carbons (Fsp3) is 0.381. The second-order valence-electron chi connectivity index (χ2n) is 6.83. The van der Waals surface area contributed by atoms with Crippen LogP contribution in [0, 0.1) is 0 Å². The van der Waals surface area contributed by atoms with Crippen molar-refractivity contribution in [2.45, 2.75) is 43.5 Å². The van der Waals surface area contributed by atoms with Gasteiger partial charge in [-0.3, -0.25) is 4.79 Å². The molecule has 0 radical (unpaired) electrons. The molecule has 2 aromatic rings. The third-order valence-corrected chi connectivity index (χ3v) is 6.99. The molecule has 0 spiro atoms. The summed E-state index contributed by atoms with van der Waals surface area (Å²) in [6.07, 6.45) is 3.64. The minimum absolute atomic E-state index is 0.0789. The molecule has 1 aliphatic heterocycles. The van der Waals surface area contributed by atoms with Gasteiger partial charge in [0, 0.05) is 12.1 Å². The van der Waals surface area contributed by atoms with Crippen molar-refractivity contribution in [3.05, 3.63) is 59.7 Å². The van der Waals surface area contributed by atoms with Gasteiger partial charge in [0.1, 0.15) is 5.75 Å². The van der Waals surface area contributed by atoms with Crippen molar-refractivity contribution in [2.75, 3.05) is 13.7 Å². The Hall–Kier alpha value is -2.18. The van der Waals surface area contributed by atoms with Gasteiger partial charge in [0.2, 0.25) is 10.0 Å². The molecule has 6 heteroatoms. The SMILES string of the molecule is COc1ccc([C@H]2CCCCCN2S(=O)(=O)c2ccc(C(C)=O)cc2)cc1. The average Bonchev–Trinajstić information content (AvgIpc) is 2.95. The molecule has 0 N–H and O–H groups in total. The predicted molar refractivity (Wildman–Crippen MR) is 105 cm³/mol. The minimum Gasteiger partial charge on any atom is -0.497 e. The number of ketones is 1. The zero-order valence-corrected chi connectivity index (χ0v) is 16.5. The van der Waals surface area contributed by atoms with Crippen LogP contribution in [0.3, 0.4) is 0 Å². The van der Waals surface area contributed by atoms with Gasteiger partial charge in [-0.2, -0.15) is 4.31 Å². The van der Waals surface area contributed by atoms with Gasteiger partial charge in [-0.1, -0.05) is 37.1 Å². The first-order valence-corrected chi connectivity index (χ1v) is 10.6. The molecular weight excluding hydrogens is 362 g/mol. The summed E-state index contributed by atoms with van der Waals surface area (Å²) in [6, 6.07) is 13.6. The van der Waals surface area contributed by atoms with Crippen LogP contribution in [0.1, 0.15) is 54.6 Å². The van der Waals surface area contributed by atoms with Crippen LogP contribution in [-0.4, -0.2) is 32.2 Å². The minimum atomic E-state index is -3.65. The summed E-state index contributed by atoms with van der Waals surface area (Å²) in [6.45, 7) is 1.96. The summed E-state index contributed by atoms with van der Waals surface area (Å²) >= 11 is 0. The Labute approximate surface area is 161 Å². The van der Waals surface area contributed by atoms with Gasteiger partial charge in [0.05, 0.1) is 18.0 Å². The van der Waals surface area contributed by atoms with E-state index in [1.165, 1.54) is 19.1 Å². The molecule has 0 amide bonds. The maximum absolute atomic E-state index is 13.3. The Kier molecular flexibility index (Phi) is 5.97. The van der Waals surface area contributed by atoms with Crippen molar-refractivity contribution in [1.82, 2.24) is 4.31 Å². The largest absolute Gasteiger partial charge is 0.497 e. The highest BCUT2D eigenvalue weighted by molar-refractivity contribution is 7.89. The highest BCUT2D eigenvalue weighted by atomic mass is 32.2. The molecular formula is C21H25NO4S. The Morgan fingerprint density at radius 1 is 1.00 bits per heavy atom. The van der Waals surface area contributed by atoms with Crippen LogP contribution in [0.5, 0.6) is 5.75 Å². The highest BCUT2D eigenvalue weighted by Gasteiger charge is 2.33. The molecule has 5 nitrogen and oxygen atoms in total. The van der Waals surface area contributed by atoms with Gasteiger partial charge < -0.3 is 4.74 Å². The Bertz CT molecular complexity index is 889. The molecule has 0 unspecified atom stereocenters. The van der Waals surface area contributed by atoms with E-state index in [1.807, 2.05) is 24.3 Å². The number of rotatable bonds is 5. The third-order valence-electron chi connectivity index (χ3n) is 5.07. The van der Waals surface area contributed by atoms with E-state index in [0.717, 1.165) is 37.0 Å². The summed E-state index contributed by atoms with van der Waals surface area (Å²) < 4.78 is 33.5. The van der Waals surface area contributed by atoms with Crippen LogP contribution >= 0.6 is 0 Å². The van der Waals surface area contributed by atoms with E-state index in [0.29, 0.717) is 12.1 Å². The molecule has 27 heavy (non-hydrogen) atoms. The number of hydrogen-bond acceptors (Lipinski definition) is 4. The normalized spacial score (nSPS) is 18.7. The maximum atomic E-state index is 13.3. The number of methoxy groups -OCH3 is 1. The Balaban J connectivity index is 1.96. The van der Waals surface area contributed by atoms with Crippen molar-refractivity contribution < 1.29 is 17.9 Å². The number of carbonyl (C=O) groups excluding carboxylic acids is 1. The molecule has 1 aliphatic rings. The topological polar surface area (TPSA) is 63.7 Å². The number of Topliss-reactive ketones (excluding diaryl/α,β-unsaturated/α-hetero) is 1. The lowest BCUT2D eigenvalue weighted by Gasteiger charge is -2.29. The van der Waals surface area contributed by atoms with Crippen molar-refractivity contribution in [2.24, 2.45) is 0 Å². The van der Waals surface area contributed by atoms with E-state index in [4.69, 9.17) is 4.74 Å². The molecule has 2 aromatic carbocycles.